The van der Waals surface area contributed by atoms with Crippen LogP contribution in [0.1, 0.15) is 43.7 Å². The third-order valence-corrected chi connectivity index (χ3v) is 4.20. The Hall–Kier alpha value is -0.410. The van der Waals surface area contributed by atoms with Crippen molar-refractivity contribution in [3.8, 4) is 0 Å². The molecule has 1 aliphatic carbocycles. The third kappa shape index (κ3) is 2.64. The number of rotatable bonds is 2. The summed E-state index contributed by atoms with van der Waals surface area (Å²) >= 11 is 3.45. The third-order valence-electron chi connectivity index (χ3n) is 3.47. The van der Waals surface area contributed by atoms with Gasteiger partial charge in [-0.1, -0.05) is 35.2 Å². The minimum absolute atomic E-state index is 0.0367. The van der Waals surface area contributed by atoms with E-state index in [9.17, 15) is 4.39 Å². The molecule has 0 unspecified atom stereocenters. The lowest BCUT2D eigenvalue weighted by Gasteiger charge is -2.28. The topological polar surface area (TPSA) is 26.0 Å². The first-order chi connectivity index (χ1) is 7.68. The highest BCUT2D eigenvalue weighted by Crippen LogP contribution is 2.35. The van der Waals surface area contributed by atoms with Gasteiger partial charge in [0, 0.05) is 10.5 Å². The Bertz CT molecular complexity index is 361. The van der Waals surface area contributed by atoms with Gasteiger partial charge in [-0.15, -0.1) is 0 Å². The van der Waals surface area contributed by atoms with E-state index >= 15 is 0 Å². The molecule has 2 N–H and O–H groups in total. The van der Waals surface area contributed by atoms with Gasteiger partial charge in [0.15, 0.2) is 0 Å². The molecule has 3 heteroatoms. The van der Waals surface area contributed by atoms with Crippen LogP contribution in [0, 0.1) is 11.7 Å². The predicted octanol–water partition coefficient (Wildman–Crippen LogP) is 4.17. The van der Waals surface area contributed by atoms with Crippen LogP contribution in [0.3, 0.4) is 0 Å². The predicted molar refractivity (Wildman–Crippen MR) is 67.6 cm³/mol. The van der Waals surface area contributed by atoms with Crippen molar-refractivity contribution in [3.05, 3.63) is 34.1 Å². The van der Waals surface area contributed by atoms with Gasteiger partial charge in [-0.2, -0.15) is 0 Å². The highest BCUT2D eigenvalue weighted by atomic mass is 79.9. The van der Waals surface area contributed by atoms with Gasteiger partial charge in [-0.3, -0.25) is 0 Å². The smallest absolute Gasteiger partial charge is 0.123 e. The van der Waals surface area contributed by atoms with Gasteiger partial charge in [-0.05, 0) is 42.5 Å². The minimum Gasteiger partial charge on any atom is -0.324 e. The fourth-order valence-electron chi connectivity index (χ4n) is 2.52. The zero-order valence-electron chi connectivity index (χ0n) is 9.26. The van der Waals surface area contributed by atoms with Crippen molar-refractivity contribution < 1.29 is 4.39 Å². The minimum atomic E-state index is -0.204. The van der Waals surface area contributed by atoms with E-state index in [-0.39, 0.29) is 11.9 Å². The van der Waals surface area contributed by atoms with Crippen LogP contribution in [0.4, 0.5) is 4.39 Å². The number of hydrogen-bond donors (Lipinski definition) is 1. The molecule has 2 rings (SSSR count). The van der Waals surface area contributed by atoms with Crippen molar-refractivity contribution >= 4 is 15.9 Å². The van der Waals surface area contributed by atoms with Crippen LogP contribution in [0.25, 0.3) is 0 Å². The summed E-state index contributed by atoms with van der Waals surface area (Å²) in [7, 11) is 0. The van der Waals surface area contributed by atoms with Gasteiger partial charge >= 0.3 is 0 Å². The van der Waals surface area contributed by atoms with Gasteiger partial charge in [0.05, 0.1) is 0 Å². The normalized spacial score (nSPS) is 19.7. The molecule has 0 aliphatic heterocycles. The molecule has 1 aliphatic rings. The van der Waals surface area contributed by atoms with Crippen molar-refractivity contribution in [2.45, 2.75) is 38.1 Å². The molecule has 0 radical (unpaired) electrons. The number of hydrogen-bond acceptors (Lipinski definition) is 1. The molecule has 0 spiro atoms. The summed E-state index contributed by atoms with van der Waals surface area (Å²) in [6.45, 7) is 0. The average Bonchev–Trinajstić information content (AvgIpc) is 2.32. The van der Waals surface area contributed by atoms with Gasteiger partial charge in [-0.25, -0.2) is 4.39 Å². The van der Waals surface area contributed by atoms with E-state index in [1.54, 1.807) is 12.1 Å². The molecule has 1 fully saturated rings. The number of benzene rings is 1. The second-order valence-corrected chi connectivity index (χ2v) is 5.44. The zero-order chi connectivity index (χ0) is 11.5. The fraction of sp³-hybridized carbons (Fsp3) is 0.538. The Morgan fingerprint density at radius 3 is 2.62 bits per heavy atom. The Balaban J connectivity index is 2.18. The lowest BCUT2D eigenvalue weighted by molar-refractivity contribution is 0.307. The second-order valence-electron chi connectivity index (χ2n) is 4.59. The Morgan fingerprint density at radius 1 is 1.25 bits per heavy atom. The molecule has 16 heavy (non-hydrogen) atoms. The van der Waals surface area contributed by atoms with Crippen molar-refractivity contribution in [2.75, 3.05) is 0 Å². The lowest BCUT2D eigenvalue weighted by Crippen LogP contribution is -2.24. The molecule has 1 nitrogen and oxygen atoms in total. The molecule has 0 bridgehead atoms. The largest absolute Gasteiger partial charge is 0.324 e. The summed E-state index contributed by atoms with van der Waals surface area (Å²) in [6.07, 6.45) is 6.17. The lowest BCUT2D eigenvalue weighted by atomic mass is 9.81. The zero-order valence-corrected chi connectivity index (χ0v) is 10.8. The van der Waals surface area contributed by atoms with E-state index in [0.717, 1.165) is 10.0 Å². The Morgan fingerprint density at radius 2 is 1.94 bits per heavy atom. The van der Waals surface area contributed by atoms with E-state index in [4.69, 9.17) is 5.73 Å². The van der Waals surface area contributed by atoms with E-state index in [1.165, 1.54) is 38.2 Å². The van der Waals surface area contributed by atoms with Crippen LogP contribution in [0.2, 0.25) is 0 Å². The van der Waals surface area contributed by atoms with Crippen LogP contribution >= 0.6 is 15.9 Å². The first-order valence-corrected chi connectivity index (χ1v) is 6.68. The standard InChI is InChI=1S/C13H17BrFN/c14-12-7-6-10(15)8-11(12)13(16)9-4-2-1-3-5-9/h6-9,13H,1-5,16H2/t13-/m0/s1. The Kier molecular flexibility index (Phi) is 3.98. The highest BCUT2D eigenvalue weighted by Gasteiger charge is 2.23. The Labute approximate surface area is 104 Å². The molecule has 0 aromatic heterocycles. The van der Waals surface area contributed by atoms with Crippen molar-refractivity contribution in [1.82, 2.24) is 0 Å². The summed E-state index contributed by atoms with van der Waals surface area (Å²) in [4.78, 5) is 0. The van der Waals surface area contributed by atoms with Gasteiger partial charge < -0.3 is 5.73 Å². The van der Waals surface area contributed by atoms with E-state index in [1.807, 2.05) is 0 Å². The maximum Gasteiger partial charge on any atom is 0.123 e. The van der Waals surface area contributed by atoms with Gasteiger partial charge in [0.25, 0.3) is 0 Å². The van der Waals surface area contributed by atoms with Gasteiger partial charge in [0.2, 0.25) is 0 Å². The fourth-order valence-corrected chi connectivity index (χ4v) is 3.03. The SMILES string of the molecule is N[C@H](c1cc(F)ccc1Br)C1CCCCC1. The van der Waals surface area contributed by atoms with E-state index < -0.39 is 0 Å². The second kappa shape index (κ2) is 5.28. The molecule has 0 amide bonds. The quantitative estimate of drug-likeness (QED) is 0.867. The molecule has 0 saturated heterocycles. The summed E-state index contributed by atoms with van der Waals surface area (Å²) in [5.74, 6) is 0.302. The molecule has 1 atom stereocenters. The van der Waals surface area contributed by atoms with E-state index in [2.05, 4.69) is 15.9 Å². The molecule has 1 aromatic carbocycles. The average molecular weight is 286 g/mol. The van der Waals surface area contributed by atoms with Crippen molar-refractivity contribution in [1.29, 1.82) is 0 Å². The molecular formula is C13H17BrFN. The van der Waals surface area contributed by atoms with Gasteiger partial charge in [0.1, 0.15) is 5.82 Å². The molecule has 1 aromatic rings. The summed E-state index contributed by atoms with van der Waals surface area (Å²) in [5.41, 5.74) is 7.15. The first kappa shape index (κ1) is 12.1. The van der Waals surface area contributed by atoms with Crippen LogP contribution in [-0.2, 0) is 0 Å². The van der Waals surface area contributed by atoms with Crippen LogP contribution in [0.15, 0.2) is 22.7 Å². The molecule has 0 heterocycles. The maximum atomic E-state index is 13.2. The summed E-state index contributed by atoms with van der Waals surface area (Å²) in [6, 6.07) is 4.73. The molecular weight excluding hydrogens is 269 g/mol. The van der Waals surface area contributed by atoms with E-state index in [0.29, 0.717) is 5.92 Å². The monoisotopic (exact) mass is 285 g/mol. The van der Waals surface area contributed by atoms with Crippen LogP contribution in [0.5, 0.6) is 0 Å². The summed E-state index contributed by atoms with van der Waals surface area (Å²) < 4.78 is 14.1. The van der Waals surface area contributed by atoms with Crippen LogP contribution in [-0.4, -0.2) is 0 Å². The number of nitrogens with two attached hydrogens (primary N) is 1. The molecule has 1 saturated carbocycles. The highest BCUT2D eigenvalue weighted by molar-refractivity contribution is 9.10. The van der Waals surface area contributed by atoms with Crippen molar-refractivity contribution in [3.63, 3.8) is 0 Å². The molecule has 88 valence electrons. The maximum absolute atomic E-state index is 13.2. The van der Waals surface area contributed by atoms with Crippen LogP contribution < -0.4 is 5.73 Å². The van der Waals surface area contributed by atoms with Crippen molar-refractivity contribution in [2.24, 2.45) is 11.7 Å². The number of halogens is 2. The first-order valence-electron chi connectivity index (χ1n) is 5.89. The summed E-state index contributed by atoms with van der Waals surface area (Å²) in [5, 5.41) is 0.